The Labute approximate surface area is 112 Å². The highest BCUT2D eigenvalue weighted by molar-refractivity contribution is 7.98. The first kappa shape index (κ1) is 13.0. The van der Waals surface area contributed by atoms with Crippen molar-refractivity contribution in [1.29, 1.82) is 0 Å². The largest absolute Gasteiger partial charge is 0.496 e. The van der Waals surface area contributed by atoms with Gasteiger partial charge in [-0.25, -0.2) is 0 Å². The zero-order valence-corrected chi connectivity index (χ0v) is 11.2. The SMILES string of the molecule is COc1ccccc1CSc1ccc(CN)cc1. The minimum atomic E-state index is 0.595. The van der Waals surface area contributed by atoms with Crippen molar-refractivity contribution in [3.63, 3.8) is 0 Å². The summed E-state index contributed by atoms with van der Waals surface area (Å²) < 4.78 is 5.34. The fourth-order valence-corrected chi connectivity index (χ4v) is 2.59. The lowest BCUT2D eigenvalue weighted by molar-refractivity contribution is 0.411. The normalized spacial score (nSPS) is 10.3. The fraction of sp³-hybridized carbons (Fsp3) is 0.200. The molecule has 2 aromatic rings. The molecule has 2 N–H and O–H groups in total. The number of para-hydroxylation sites is 1. The molecule has 0 amide bonds. The van der Waals surface area contributed by atoms with Gasteiger partial charge in [-0.3, -0.25) is 0 Å². The molecule has 3 heteroatoms. The second-order valence-electron chi connectivity index (χ2n) is 3.95. The van der Waals surface area contributed by atoms with Crippen LogP contribution in [0.1, 0.15) is 11.1 Å². The molecule has 2 rings (SSSR count). The van der Waals surface area contributed by atoms with E-state index >= 15 is 0 Å². The Morgan fingerprint density at radius 1 is 1.06 bits per heavy atom. The van der Waals surface area contributed by atoms with Crippen LogP contribution in [0.4, 0.5) is 0 Å². The van der Waals surface area contributed by atoms with Crippen LogP contribution in [0.2, 0.25) is 0 Å². The van der Waals surface area contributed by atoms with E-state index < -0.39 is 0 Å². The summed E-state index contributed by atoms with van der Waals surface area (Å²) in [7, 11) is 1.71. The Balaban J connectivity index is 2.02. The number of hydrogen-bond acceptors (Lipinski definition) is 3. The molecule has 0 aliphatic rings. The van der Waals surface area contributed by atoms with E-state index in [1.807, 2.05) is 18.2 Å². The van der Waals surface area contributed by atoms with Crippen LogP contribution in [0.5, 0.6) is 5.75 Å². The topological polar surface area (TPSA) is 35.2 Å². The number of hydrogen-bond donors (Lipinski definition) is 1. The Hall–Kier alpha value is -1.45. The van der Waals surface area contributed by atoms with Gasteiger partial charge in [-0.05, 0) is 23.8 Å². The van der Waals surface area contributed by atoms with E-state index in [0.29, 0.717) is 6.54 Å². The van der Waals surface area contributed by atoms with Crippen LogP contribution >= 0.6 is 11.8 Å². The molecule has 0 bridgehead atoms. The monoisotopic (exact) mass is 259 g/mol. The summed E-state index contributed by atoms with van der Waals surface area (Å²) in [6, 6.07) is 16.5. The Bertz CT molecular complexity index is 496. The molecule has 2 aromatic carbocycles. The van der Waals surface area contributed by atoms with E-state index in [-0.39, 0.29) is 0 Å². The molecule has 0 aromatic heterocycles. The smallest absolute Gasteiger partial charge is 0.122 e. The van der Waals surface area contributed by atoms with E-state index in [0.717, 1.165) is 17.1 Å². The quantitative estimate of drug-likeness (QED) is 0.835. The summed E-state index contributed by atoms with van der Waals surface area (Å²) >= 11 is 1.80. The van der Waals surface area contributed by atoms with E-state index in [4.69, 9.17) is 10.5 Å². The maximum atomic E-state index is 5.58. The van der Waals surface area contributed by atoms with E-state index in [2.05, 4.69) is 30.3 Å². The van der Waals surface area contributed by atoms with Crippen LogP contribution in [0, 0.1) is 0 Å². The van der Waals surface area contributed by atoms with Crippen molar-refractivity contribution in [2.75, 3.05) is 7.11 Å². The van der Waals surface area contributed by atoms with Gasteiger partial charge in [-0.2, -0.15) is 0 Å². The minimum Gasteiger partial charge on any atom is -0.496 e. The van der Waals surface area contributed by atoms with Gasteiger partial charge in [0.2, 0.25) is 0 Å². The maximum Gasteiger partial charge on any atom is 0.122 e. The van der Waals surface area contributed by atoms with Gasteiger partial charge in [0.05, 0.1) is 7.11 Å². The molecule has 2 nitrogen and oxygen atoms in total. The number of benzene rings is 2. The molecule has 0 aliphatic carbocycles. The summed E-state index contributed by atoms with van der Waals surface area (Å²) in [5.41, 5.74) is 7.96. The van der Waals surface area contributed by atoms with Crippen molar-refractivity contribution in [1.82, 2.24) is 0 Å². The van der Waals surface area contributed by atoms with Crippen LogP contribution in [-0.2, 0) is 12.3 Å². The van der Waals surface area contributed by atoms with Crippen LogP contribution in [-0.4, -0.2) is 7.11 Å². The van der Waals surface area contributed by atoms with Crippen molar-refractivity contribution < 1.29 is 4.74 Å². The third-order valence-corrected chi connectivity index (χ3v) is 3.81. The van der Waals surface area contributed by atoms with Crippen molar-refractivity contribution in [2.24, 2.45) is 5.73 Å². The average molecular weight is 259 g/mol. The standard InChI is InChI=1S/C15H17NOS/c1-17-15-5-3-2-4-13(15)11-18-14-8-6-12(10-16)7-9-14/h2-9H,10-11,16H2,1H3. The van der Waals surface area contributed by atoms with E-state index in [1.54, 1.807) is 18.9 Å². The zero-order valence-electron chi connectivity index (χ0n) is 10.4. The van der Waals surface area contributed by atoms with Crippen molar-refractivity contribution in [3.05, 3.63) is 59.7 Å². The first-order valence-corrected chi connectivity index (χ1v) is 6.85. The van der Waals surface area contributed by atoms with Crippen molar-refractivity contribution in [3.8, 4) is 5.75 Å². The highest BCUT2D eigenvalue weighted by Gasteiger charge is 2.02. The van der Waals surface area contributed by atoms with E-state index in [1.165, 1.54) is 10.5 Å². The molecule has 94 valence electrons. The Morgan fingerprint density at radius 2 is 1.78 bits per heavy atom. The third-order valence-electron chi connectivity index (χ3n) is 2.75. The summed E-state index contributed by atoms with van der Waals surface area (Å²) in [6.45, 7) is 0.595. The van der Waals surface area contributed by atoms with Gasteiger partial charge < -0.3 is 10.5 Å². The molecule has 0 fully saturated rings. The molecule has 0 spiro atoms. The van der Waals surface area contributed by atoms with Crippen molar-refractivity contribution >= 4 is 11.8 Å². The average Bonchev–Trinajstić information content (AvgIpc) is 2.46. The lowest BCUT2D eigenvalue weighted by Gasteiger charge is -2.08. The molecule has 18 heavy (non-hydrogen) atoms. The minimum absolute atomic E-state index is 0.595. The predicted molar refractivity (Wildman–Crippen MR) is 76.9 cm³/mol. The number of thioether (sulfide) groups is 1. The first-order chi connectivity index (χ1) is 8.83. The number of nitrogens with two attached hydrogens (primary N) is 1. The number of ether oxygens (including phenoxy) is 1. The van der Waals surface area contributed by atoms with Crippen LogP contribution in [0.3, 0.4) is 0 Å². The lowest BCUT2D eigenvalue weighted by Crippen LogP contribution is -1.95. The number of rotatable bonds is 5. The van der Waals surface area contributed by atoms with Crippen molar-refractivity contribution in [2.45, 2.75) is 17.2 Å². The zero-order chi connectivity index (χ0) is 12.8. The first-order valence-electron chi connectivity index (χ1n) is 5.87. The van der Waals surface area contributed by atoms with Gasteiger partial charge in [0.1, 0.15) is 5.75 Å². The maximum absolute atomic E-state index is 5.58. The van der Waals surface area contributed by atoms with Crippen LogP contribution < -0.4 is 10.5 Å². The van der Waals surface area contributed by atoms with Gasteiger partial charge in [-0.15, -0.1) is 11.8 Å². The lowest BCUT2D eigenvalue weighted by atomic mass is 10.2. The van der Waals surface area contributed by atoms with Crippen LogP contribution in [0.15, 0.2) is 53.4 Å². The molecule has 0 radical (unpaired) electrons. The van der Waals surface area contributed by atoms with Gasteiger partial charge in [-0.1, -0.05) is 30.3 Å². The second kappa shape index (κ2) is 6.47. The fourth-order valence-electron chi connectivity index (χ4n) is 1.71. The molecular formula is C15H17NOS. The second-order valence-corrected chi connectivity index (χ2v) is 5.00. The predicted octanol–water partition coefficient (Wildman–Crippen LogP) is 3.45. The van der Waals surface area contributed by atoms with Crippen LogP contribution in [0.25, 0.3) is 0 Å². The molecule has 0 saturated carbocycles. The number of methoxy groups -OCH3 is 1. The van der Waals surface area contributed by atoms with Gasteiger partial charge >= 0.3 is 0 Å². The highest BCUT2D eigenvalue weighted by atomic mass is 32.2. The third kappa shape index (κ3) is 3.28. The Kier molecular flexibility index (Phi) is 4.67. The summed E-state index contributed by atoms with van der Waals surface area (Å²) in [4.78, 5) is 1.25. The summed E-state index contributed by atoms with van der Waals surface area (Å²) in [5, 5.41) is 0. The molecule has 0 aliphatic heterocycles. The molecule has 0 atom stereocenters. The van der Waals surface area contributed by atoms with Gasteiger partial charge in [0, 0.05) is 22.8 Å². The summed E-state index contributed by atoms with van der Waals surface area (Å²) in [6.07, 6.45) is 0. The summed E-state index contributed by atoms with van der Waals surface area (Å²) in [5.74, 6) is 1.86. The van der Waals surface area contributed by atoms with Gasteiger partial charge in [0.15, 0.2) is 0 Å². The van der Waals surface area contributed by atoms with Gasteiger partial charge in [0.25, 0.3) is 0 Å². The molecule has 0 unspecified atom stereocenters. The molecular weight excluding hydrogens is 242 g/mol. The van der Waals surface area contributed by atoms with E-state index in [9.17, 15) is 0 Å². The highest BCUT2D eigenvalue weighted by Crippen LogP contribution is 2.27. The molecule has 0 saturated heterocycles. The molecule has 0 heterocycles. The Morgan fingerprint density at radius 3 is 2.44 bits per heavy atom.